The minimum Gasteiger partial charge on any atom is -0.330 e. The fourth-order valence-electron chi connectivity index (χ4n) is 2.10. The number of alkyl halides is 3. The fraction of sp³-hybridized carbons (Fsp3) is 0.900. The van der Waals surface area contributed by atoms with Gasteiger partial charge < -0.3 is 5.73 Å². The second-order valence-electron chi connectivity index (χ2n) is 4.26. The van der Waals surface area contributed by atoms with Crippen molar-refractivity contribution in [3.8, 4) is 0 Å². The second-order valence-corrected chi connectivity index (χ2v) is 4.26. The summed E-state index contributed by atoms with van der Waals surface area (Å²) in [5.41, 5.74) is 7.39. The maximum absolute atomic E-state index is 11.8. The van der Waals surface area contributed by atoms with Crippen molar-refractivity contribution in [2.45, 2.75) is 31.9 Å². The molecule has 0 aromatic rings. The highest BCUT2D eigenvalue weighted by atomic mass is 19.4. The van der Waals surface area contributed by atoms with Gasteiger partial charge in [-0.1, -0.05) is 12.8 Å². The molecule has 17 heavy (non-hydrogen) atoms. The van der Waals surface area contributed by atoms with E-state index in [1.165, 1.54) is 0 Å². The molecule has 3 N–H and O–H groups in total. The summed E-state index contributed by atoms with van der Waals surface area (Å²) in [4.78, 5) is 15.7. The van der Waals surface area contributed by atoms with Crippen LogP contribution in [-0.4, -0.2) is 25.2 Å². The highest BCUT2D eigenvalue weighted by Gasteiger charge is 2.32. The van der Waals surface area contributed by atoms with Gasteiger partial charge in [-0.05, 0) is 25.3 Å². The molecule has 1 rings (SSSR count). The maximum Gasteiger partial charge on any atom is 0.414 e. The smallest absolute Gasteiger partial charge is 0.330 e. The van der Waals surface area contributed by atoms with Gasteiger partial charge in [-0.3, -0.25) is 9.63 Å². The van der Waals surface area contributed by atoms with E-state index in [0.29, 0.717) is 13.0 Å². The third-order valence-corrected chi connectivity index (χ3v) is 2.96. The quantitative estimate of drug-likeness (QED) is 0.744. The first kappa shape index (κ1) is 14.2. The van der Waals surface area contributed by atoms with Crippen LogP contribution in [0, 0.1) is 11.8 Å². The van der Waals surface area contributed by atoms with Gasteiger partial charge in [0.25, 0.3) is 0 Å². The molecule has 0 bridgehead atoms. The molecule has 1 aliphatic carbocycles. The first-order valence-corrected chi connectivity index (χ1v) is 5.62. The van der Waals surface area contributed by atoms with Crippen molar-refractivity contribution in [3.63, 3.8) is 0 Å². The van der Waals surface area contributed by atoms with Gasteiger partial charge in [-0.25, -0.2) is 5.48 Å². The summed E-state index contributed by atoms with van der Waals surface area (Å²) in [7, 11) is 0. The molecular formula is C10H17F3N2O2. The molecule has 4 nitrogen and oxygen atoms in total. The van der Waals surface area contributed by atoms with Crippen molar-refractivity contribution in [1.82, 2.24) is 5.48 Å². The van der Waals surface area contributed by atoms with Crippen LogP contribution in [0.2, 0.25) is 0 Å². The first-order valence-electron chi connectivity index (χ1n) is 5.62. The maximum atomic E-state index is 11.8. The summed E-state index contributed by atoms with van der Waals surface area (Å²) in [6, 6.07) is 0. The molecule has 7 heteroatoms. The number of halogens is 3. The third kappa shape index (κ3) is 4.91. The molecule has 2 unspecified atom stereocenters. The number of carbonyl (C=O) groups excluding carboxylic acids is 1. The highest BCUT2D eigenvalue weighted by molar-refractivity contribution is 5.78. The number of rotatable bonds is 4. The van der Waals surface area contributed by atoms with Gasteiger partial charge in [0.15, 0.2) is 6.61 Å². The van der Waals surface area contributed by atoms with Crippen molar-refractivity contribution in [2.75, 3.05) is 13.2 Å². The molecule has 1 aliphatic rings. The Morgan fingerprint density at radius 1 is 1.35 bits per heavy atom. The van der Waals surface area contributed by atoms with Gasteiger partial charge in [0.2, 0.25) is 5.91 Å². The Labute approximate surface area is 97.6 Å². The summed E-state index contributed by atoms with van der Waals surface area (Å²) in [6.45, 7) is -1.10. The van der Waals surface area contributed by atoms with Gasteiger partial charge in [0.1, 0.15) is 0 Å². The van der Waals surface area contributed by atoms with Gasteiger partial charge in [0, 0.05) is 5.92 Å². The van der Waals surface area contributed by atoms with Crippen LogP contribution in [0.1, 0.15) is 25.7 Å². The lowest BCUT2D eigenvalue weighted by molar-refractivity contribution is -0.193. The van der Waals surface area contributed by atoms with Gasteiger partial charge in [-0.2, -0.15) is 13.2 Å². The van der Waals surface area contributed by atoms with Crippen LogP contribution >= 0.6 is 0 Å². The van der Waals surface area contributed by atoms with Gasteiger partial charge in [-0.15, -0.1) is 0 Å². The third-order valence-electron chi connectivity index (χ3n) is 2.96. The standard InChI is InChI=1S/C10H17F3N2O2/c11-10(12,13)6-17-15-9(16)8-4-2-1-3-7(8)5-14/h7-8H,1-6,14H2,(H,15,16). The predicted molar refractivity (Wildman–Crippen MR) is 54.7 cm³/mol. The van der Waals surface area contributed by atoms with Crippen LogP contribution in [0.4, 0.5) is 13.2 Å². The van der Waals surface area contributed by atoms with Gasteiger partial charge >= 0.3 is 6.18 Å². The second kappa shape index (κ2) is 6.20. The molecule has 0 heterocycles. The van der Waals surface area contributed by atoms with E-state index in [2.05, 4.69) is 4.84 Å². The average molecular weight is 254 g/mol. The molecule has 1 fully saturated rings. The van der Waals surface area contributed by atoms with E-state index >= 15 is 0 Å². The van der Waals surface area contributed by atoms with Crippen molar-refractivity contribution in [1.29, 1.82) is 0 Å². The molecule has 0 spiro atoms. The highest BCUT2D eigenvalue weighted by Crippen LogP contribution is 2.29. The molecule has 100 valence electrons. The Kier molecular flexibility index (Phi) is 5.20. The SMILES string of the molecule is NCC1CCCCC1C(=O)NOCC(F)(F)F. The van der Waals surface area contributed by atoms with E-state index in [1.54, 1.807) is 0 Å². The van der Waals surface area contributed by atoms with E-state index in [1.807, 2.05) is 5.48 Å². The van der Waals surface area contributed by atoms with Crippen LogP contribution in [-0.2, 0) is 9.63 Å². The first-order chi connectivity index (χ1) is 7.94. The molecule has 1 saturated carbocycles. The van der Waals surface area contributed by atoms with E-state index < -0.39 is 18.7 Å². The molecule has 0 aromatic heterocycles. The Balaban J connectivity index is 2.35. The summed E-state index contributed by atoms with van der Waals surface area (Å²) >= 11 is 0. The predicted octanol–water partition coefficient (Wildman–Crippen LogP) is 1.36. The molecule has 0 saturated heterocycles. The minimum absolute atomic E-state index is 0.0400. The summed E-state index contributed by atoms with van der Waals surface area (Å²) in [5, 5.41) is 0. The van der Waals surface area contributed by atoms with Gasteiger partial charge in [0.05, 0.1) is 0 Å². The fourth-order valence-corrected chi connectivity index (χ4v) is 2.10. The normalized spacial score (nSPS) is 25.6. The molecule has 0 aliphatic heterocycles. The Morgan fingerprint density at radius 3 is 2.59 bits per heavy atom. The molecule has 1 amide bonds. The Morgan fingerprint density at radius 2 is 2.00 bits per heavy atom. The van der Waals surface area contributed by atoms with Crippen molar-refractivity contribution < 1.29 is 22.8 Å². The lowest BCUT2D eigenvalue weighted by Crippen LogP contribution is -2.40. The van der Waals surface area contributed by atoms with Crippen molar-refractivity contribution in [2.24, 2.45) is 17.6 Å². The summed E-state index contributed by atoms with van der Waals surface area (Å²) in [5.74, 6) is -0.787. The lowest BCUT2D eigenvalue weighted by atomic mass is 9.79. The number of amides is 1. The van der Waals surface area contributed by atoms with Crippen LogP contribution in [0.5, 0.6) is 0 Å². The van der Waals surface area contributed by atoms with Crippen molar-refractivity contribution >= 4 is 5.91 Å². The van der Waals surface area contributed by atoms with Crippen LogP contribution in [0.25, 0.3) is 0 Å². The van der Waals surface area contributed by atoms with E-state index in [0.717, 1.165) is 19.3 Å². The zero-order chi connectivity index (χ0) is 12.9. The molecule has 0 radical (unpaired) electrons. The average Bonchev–Trinajstić information content (AvgIpc) is 2.27. The number of carbonyl (C=O) groups is 1. The van der Waals surface area contributed by atoms with Crippen LogP contribution in [0.3, 0.4) is 0 Å². The molecule has 2 atom stereocenters. The van der Waals surface area contributed by atoms with E-state index in [4.69, 9.17) is 5.73 Å². The van der Waals surface area contributed by atoms with Crippen LogP contribution < -0.4 is 11.2 Å². The number of hydrogen-bond donors (Lipinski definition) is 2. The monoisotopic (exact) mass is 254 g/mol. The largest absolute Gasteiger partial charge is 0.414 e. The lowest BCUT2D eigenvalue weighted by Gasteiger charge is -2.29. The zero-order valence-corrected chi connectivity index (χ0v) is 9.43. The number of nitrogens with two attached hydrogens (primary N) is 1. The summed E-state index contributed by atoms with van der Waals surface area (Å²) < 4.78 is 35.4. The Hall–Kier alpha value is -0.820. The van der Waals surface area contributed by atoms with Crippen LogP contribution in [0.15, 0.2) is 0 Å². The number of hydroxylamine groups is 1. The summed E-state index contributed by atoms with van der Waals surface area (Å²) in [6.07, 6.45) is -1.03. The molecular weight excluding hydrogens is 237 g/mol. The number of hydrogen-bond acceptors (Lipinski definition) is 3. The van der Waals surface area contributed by atoms with E-state index in [-0.39, 0.29) is 11.8 Å². The Bertz CT molecular complexity index is 258. The minimum atomic E-state index is -4.44. The topological polar surface area (TPSA) is 64.4 Å². The van der Waals surface area contributed by atoms with Crippen molar-refractivity contribution in [3.05, 3.63) is 0 Å². The number of nitrogens with one attached hydrogen (secondary N) is 1. The van der Waals surface area contributed by atoms with E-state index in [9.17, 15) is 18.0 Å². The molecule has 0 aromatic carbocycles. The zero-order valence-electron chi connectivity index (χ0n) is 9.43.